The van der Waals surface area contributed by atoms with Gasteiger partial charge in [0, 0.05) is 56.0 Å². The lowest BCUT2D eigenvalue weighted by molar-refractivity contribution is -0.384. The van der Waals surface area contributed by atoms with Crippen LogP contribution in [0.1, 0.15) is 33.0 Å². The Morgan fingerprint density at radius 1 is 1.12 bits per heavy atom. The molecule has 2 aromatic carbocycles. The van der Waals surface area contributed by atoms with Crippen molar-refractivity contribution in [3.8, 4) is 0 Å². The van der Waals surface area contributed by atoms with Crippen LogP contribution in [0.4, 0.5) is 15.9 Å². The van der Waals surface area contributed by atoms with Gasteiger partial charge in [0.1, 0.15) is 17.5 Å². The Hall–Kier alpha value is -3.59. The maximum absolute atomic E-state index is 13.7. The molecular weight excluding hydrogens is 461 g/mol. The van der Waals surface area contributed by atoms with Crippen molar-refractivity contribution < 1.29 is 14.1 Å². The largest absolute Gasteiger partial charge is 0.353 e. The third kappa shape index (κ3) is 4.99. The predicted molar refractivity (Wildman–Crippen MR) is 127 cm³/mol. The zero-order chi connectivity index (χ0) is 24.4. The van der Waals surface area contributed by atoms with Gasteiger partial charge in [-0.1, -0.05) is 23.7 Å². The van der Waals surface area contributed by atoms with Crippen molar-refractivity contribution in [2.45, 2.75) is 20.3 Å². The van der Waals surface area contributed by atoms with E-state index in [4.69, 9.17) is 11.6 Å². The highest BCUT2D eigenvalue weighted by molar-refractivity contribution is 6.34. The molecule has 3 aromatic rings. The molecule has 1 aliphatic rings. The number of nitro benzene ring substituents is 1. The Morgan fingerprint density at radius 3 is 2.50 bits per heavy atom. The molecule has 4 rings (SSSR count). The first kappa shape index (κ1) is 23.6. The summed E-state index contributed by atoms with van der Waals surface area (Å²) in [6, 6.07) is 10.3. The number of amides is 1. The number of hydrogen-bond donors (Lipinski definition) is 0. The molecule has 0 saturated carbocycles. The lowest BCUT2D eigenvalue weighted by Crippen LogP contribution is -2.49. The summed E-state index contributed by atoms with van der Waals surface area (Å²) < 4.78 is 13.7. The molecule has 0 spiro atoms. The summed E-state index contributed by atoms with van der Waals surface area (Å²) in [5.41, 5.74) is 2.67. The predicted octanol–water partition coefficient (Wildman–Crippen LogP) is 4.35. The van der Waals surface area contributed by atoms with Crippen molar-refractivity contribution in [1.82, 2.24) is 14.9 Å². The zero-order valence-corrected chi connectivity index (χ0v) is 19.5. The van der Waals surface area contributed by atoms with Crippen LogP contribution < -0.4 is 4.90 Å². The molecule has 8 nitrogen and oxygen atoms in total. The number of nitro groups is 1. The van der Waals surface area contributed by atoms with Gasteiger partial charge in [-0.15, -0.1) is 0 Å². The first-order valence-corrected chi connectivity index (χ1v) is 11.2. The van der Waals surface area contributed by atoms with Gasteiger partial charge < -0.3 is 9.80 Å². The van der Waals surface area contributed by atoms with Gasteiger partial charge in [0.15, 0.2) is 0 Å². The average molecular weight is 484 g/mol. The minimum Gasteiger partial charge on any atom is -0.353 e. The number of rotatable bonds is 5. The van der Waals surface area contributed by atoms with E-state index in [0.717, 1.165) is 22.6 Å². The lowest BCUT2D eigenvalue weighted by Gasteiger charge is -2.36. The van der Waals surface area contributed by atoms with Crippen LogP contribution in [0.3, 0.4) is 0 Å². The molecular formula is C24H23ClFN5O3. The first-order valence-electron chi connectivity index (χ1n) is 10.8. The summed E-state index contributed by atoms with van der Waals surface area (Å²) in [5.74, 6) is 0.873. The molecule has 34 heavy (non-hydrogen) atoms. The molecule has 176 valence electrons. The SMILES string of the molecule is Cc1nc(C)c(Cc2cccc(F)c2)c(N2CCN(C(=O)c3ccc([N+](=O)[O-])cc3Cl)CC2)n1. The molecule has 0 aliphatic carbocycles. The summed E-state index contributed by atoms with van der Waals surface area (Å²) in [4.78, 5) is 36.3. The van der Waals surface area contributed by atoms with Crippen LogP contribution in [-0.2, 0) is 6.42 Å². The highest BCUT2D eigenvalue weighted by Crippen LogP contribution is 2.27. The van der Waals surface area contributed by atoms with Crippen molar-refractivity contribution in [2.75, 3.05) is 31.1 Å². The summed E-state index contributed by atoms with van der Waals surface area (Å²) in [7, 11) is 0. The minimum absolute atomic E-state index is 0.0565. The number of anilines is 1. The van der Waals surface area contributed by atoms with E-state index in [1.165, 1.54) is 30.3 Å². The average Bonchev–Trinajstić information content (AvgIpc) is 2.80. The van der Waals surface area contributed by atoms with E-state index < -0.39 is 4.92 Å². The molecule has 10 heteroatoms. The number of carbonyl (C=O) groups excluding carboxylic acids is 1. The van der Waals surface area contributed by atoms with Crippen molar-refractivity contribution in [3.63, 3.8) is 0 Å². The van der Waals surface area contributed by atoms with E-state index in [1.54, 1.807) is 11.0 Å². The second-order valence-electron chi connectivity index (χ2n) is 8.17. The van der Waals surface area contributed by atoms with Gasteiger partial charge in [0.25, 0.3) is 11.6 Å². The third-order valence-electron chi connectivity index (χ3n) is 5.83. The standard InChI is InChI=1S/C24H23ClFN5O3/c1-15-21(13-17-4-3-5-18(26)12-17)23(28-16(2)27-15)29-8-10-30(11-9-29)24(32)20-7-6-19(31(33)34)14-22(20)25/h3-7,12,14H,8-11,13H2,1-2H3. The number of benzene rings is 2. The first-order chi connectivity index (χ1) is 16.2. The highest BCUT2D eigenvalue weighted by Gasteiger charge is 2.27. The van der Waals surface area contributed by atoms with E-state index in [2.05, 4.69) is 14.9 Å². The topological polar surface area (TPSA) is 92.5 Å². The fraction of sp³-hybridized carbons (Fsp3) is 0.292. The highest BCUT2D eigenvalue weighted by atomic mass is 35.5. The van der Waals surface area contributed by atoms with Gasteiger partial charge in [-0.2, -0.15) is 0 Å². The van der Waals surface area contributed by atoms with Crippen LogP contribution in [0, 0.1) is 29.8 Å². The Morgan fingerprint density at radius 2 is 1.85 bits per heavy atom. The van der Waals surface area contributed by atoms with Gasteiger partial charge in [0.2, 0.25) is 0 Å². The Labute approximate surface area is 201 Å². The van der Waals surface area contributed by atoms with Crippen LogP contribution in [-0.4, -0.2) is 51.9 Å². The van der Waals surface area contributed by atoms with E-state index in [1.807, 2.05) is 19.9 Å². The number of aromatic nitrogens is 2. The third-order valence-corrected chi connectivity index (χ3v) is 6.15. The number of piperazine rings is 1. The maximum atomic E-state index is 13.7. The van der Waals surface area contributed by atoms with Crippen molar-refractivity contribution in [2.24, 2.45) is 0 Å². The number of hydrogen-bond acceptors (Lipinski definition) is 6. The second-order valence-corrected chi connectivity index (χ2v) is 8.57. The Bertz CT molecular complexity index is 1260. The summed E-state index contributed by atoms with van der Waals surface area (Å²) >= 11 is 6.15. The fourth-order valence-corrected chi connectivity index (χ4v) is 4.38. The lowest BCUT2D eigenvalue weighted by atomic mass is 10.0. The molecule has 1 amide bonds. The number of halogens is 2. The van der Waals surface area contributed by atoms with E-state index in [0.29, 0.717) is 38.4 Å². The van der Waals surface area contributed by atoms with Gasteiger partial charge in [-0.3, -0.25) is 14.9 Å². The smallest absolute Gasteiger partial charge is 0.270 e. The Balaban J connectivity index is 1.52. The van der Waals surface area contributed by atoms with Crippen LogP contribution >= 0.6 is 11.6 Å². The molecule has 1 saturated heterocycles. The van der Waals surface area contributed by atoms with Crippen LogP contribution in [0.25, 0.3) is 0 Å². The van der Waals surface area contributed by atoms with E-state index in [9.17, 15) is 19.3 Å². The number of nitrogens with zero attached hydrogens (tertiary/aromatic N) is 5. The second kappa shape index (κ2) is 9.72. The maximum Gasteiger partial charge on any atom is 0.270 e. The van der Waals surface area contributed by atoms with Crippen molar-refractivity contribution in [1.29, 1.82) is 0 Å². The van der Waals surface area contributed by atoms with Gasteiger partial charge in [-0.25, -0.2) is 14.4 Å². The molecule has 0 bridgehead atoms. The van der Waals surface area contributed by atoms with Gasteiger partial charge in [-0.05, 0) is 37.6 Å². The van der Waals surface area contributed by atoms with Gasteiger partial charge in [0.05, 0.1) is 15.5 Å². The molecule has 0 atom stereocenters. The quantitative estimate of drug-likeness (QED) is 0.396. The van der Waals surface area contributed by atoms with Crippen molar-refractivity contribution >= 4 is 29.0 Å². The summed E-state index contributed by atoms with van der Waals surface area (Å²) in [6.45, 7) is 5.72. The Kier molecular flexibility index (Phi) is 6.74. The normalized spacial score (nSPS) is 13.8. The minimum atomic E-state index is -0.550. The van der Waals surface area contributed by atoms with E-state index in [-0.39, 0.29) is 28.0 Å². The molecule has 0 N–H and O–H groups in total. The van der Waals surface area contributed by atoms with E-state index >= 15 is 0 Å². The van der Waals surface area contributed by atoms with Gasteiger partial charge >= 0.3 is 0 Å². The van der Waals surface area contributed by atoms with Crippen LogP contribution in [0.5, 0.6) is 0 Å². The molecule has 1 aliphatic heterocycles. The summed E-state index contributed by atoms with van der Waals surface area (Å²) in [5, 5.41) is 11.0. The zero-order valence-electron chi connectivity index (χ0n) is 18.8. The molecule has 1 fully saturated rings. The molecule has 2 heterocycles. The van der Waals surface area contributed by atoms with Crippen molar-refractivity contribution in [3.05, 3.63) is 91.6 Å². The molecule has 0 radical (unpaired) electrons. The number of non-ortho nitro benzene ring substituents is 1. The fourth-order valence-electron chi connectivity index (χ4n) is 4.12. The summed E-state index contributed by atoms with van der Waals surface area (Å²) in [6.07, 6.45) is 0.497. The molecule has 1 aromatic heterocycles. The number of carbonyl (C=O) groups is 1. The van der Waals surface area contributed by atoms with Crippen LogP contribution in [0.15, 0.2) is 42.5 Å². The van der Waals surface area contributed by atoms with Crippen LogP contribution in [0.2, 0.25) is 5.02 Å². The molecule has 0 unspecified atom stereocenters. The number of aryl methyl sites for hydroxylation is 2. The monoisotopic (exact) mass is 483 g/mol.